The van der Waals surface area contributed by atoms with Crippen LogP contribution >= 0.6 is 0 Å². The summed E-state index contributed by atoms with van der Waals surface area (Å²) in [5.41, 5.74) is 2.53. The third-order valence-electron chi connectivity index (χ3n) is 2.82. The van der Waals surface area contributed by atoms with Gasteiger partial charge in [-0.15, -0.1) is 0 Å². The maximum atomic E-state index is 9.41. The normalized spacial score (nSPS) is 20.9. The van der Waals surface area contributed by atoms with Crippen molar-refractivity contribution in [2.75, 3.05) is 7.11 Å². The van der Waals surface area contributed by atoms with Crippen LogP contribution in [0.1, 0.15) is 24.8 Å². The fourth-order valence-corrected chi connectivity index (χ4v) is 1.91. The monoisotopic (exact) mass is 204 g/mol. The van der Waals surface area contributed by atoms with E-state index in [1.807, 2.05) is 18.2 Å². The molecule has 1 aromatic carbocycles. The van der Waals surface area contributed by atoms with Crippen LogP contribution in [0, 0.1) is 0 Å². The van der Waals surface area contributed by atoms with Gasteiger partial charge in [-0.05, 0) is 42.5 Å². The van der Waals surface area contributed by atoms with Crippen LogP contribution in [-0.4, -0.2) is 18.3 Å². The van der Waals surface area contributed by atoms with Crippen LogP contribution < -0.4 is 4.74 Å². The lowest BCUT2D eigenvalue weighted by Crippen LogP contribution is -2.09. The van der Waals surface area contributed by atoms with Gasteiger partial charge in [0.2, 0.25) is 0 Å². The van der Waals surface area contributed by atoms with Crippen LogP contribution in [0.2, 0.25) is 0 Å². The molecule has 0 aromatic heterocycles. The van der Waals surface area contributed by atoms with Crippen LogP contribution in [0.4, 0.5) is 0 Å². The summed E-state index contributed by atoms with van der Waals surface area (Å²) in [5, 5.41) is 9.41. The Labute approximate surface area is 90.2 Å². The van der Waals surface area contributed by atoms with E-state index < -0.39 is 0 Å². The minimum absolute atomic E-state index is 0.153. The highest BCUT2D eigenvalue weighted by molar-refractivity contribution is 5.67. The number of hydrogen-bond donors (Lipinski definition) is 1. The van der Waals surface area contributed by atoms with E-state index in [0.717, 1.165) is 25.0 Å². The van der Waals surface area contributed by atoms with Crippen molar-refractivity contribution >= 4 is 5.57 Å². The fourth-order valence-electron chi connectivity index (χ4n) is 1.91. The zero-order chi connectivity index (χ0) is 10.7. The number of allylic oxidation sites excluding steroid dienone is 1. The Morgan fingerprint density at radius 3 is 2.93 bits per heavy atom. The van der Waals surface area contributed by atoms with Gasteiger partial charge in [0.15, 0.2) is 0 Å². The van der Waals surface area contributed by atoms with Gasteiger partial charge in [-0.2, -0.15) is 0 Å². The van der Waals surface area contributed by atoms with Crippen molar-refractivity contribution in [3.8, 4) is 5.75 Å². The standard InChI is InChI=1S/C13H16O2/c1-15-13-4-2-3-11(9-13)10-5-7-12(14)8-6-10/h2-5,9,12,14H,6-8H2,1H3/t12-/m0/s1. The zero-order valence-corrected chi connectivity index (χ0v) is 8.94. The summed E-state index contributed by atoms with van der Waals surface area (Å²) in [6, 6.07) is 8.08. The number of ether oxygens (including phenoxy) is 1. The lowest BCUT2D eigenvalue weighted by Gasteiger charge is -2.17. The lowest BCUT2D eigenvalue weighted by atomic mass is 9.92. The van der Waals surface area contributed by atoms with E-state index in [1.54, 1.807) is 7.11 Å². The fraction of sp³-hybridized carbons (Fsp3) is 0.385. The van der Waals surface area contributed by atoms with Gasteiger partial charge in [0.1, 0.15) is 5.75 Å². The number of benzene rings is 1. The van der Waals surface area contributed by atoms with Gasteiger partial charge in [0.05, 0.1) is 13.2 Å². The van der Waals surface area contributed by atoms with Gasteiger partial charge in [-0.25, -0.2) is 0 Å². The molecule has 0 saturated heterocycles. The van der Waals surface area contributed by atoms with E-state index in [4.69, 9.17) is 4.74 Å². The average Bonchev–Trinajstić information content (AvgIpc) is 2.30. The highest BCUT2D eigenvalue weighted by Crippen LogP contribution is 2.28. The van der Waals surface area contributed by atoms with Gasteiger partial charge in [-0.3, -0.25) is 0 Å². The van der Waals surface area contributed by atoms with Gasteiger partial charge < -0.3 is 9.84 Å². The number of aliphatic hydroxyl groups excluding tert-OH is 1. The van der Waals surface area contributed by atoms with Gasteiger partial charge in [0.25, 0.3) is 0 Å². The van der Waals surface area contributed by atoms with Crippen molar-refractivity contribution in [3.05, 3.63) is 35.9 Å². The second kappa shape index (κ2) is 4.49. The Kier molecular flexibility index (Phi) is 3.07. The van der Waals surface area contributed by atoms with Crippen LogP contribution in [0.5, 0.6) is 5.75 Å². The second-order valence-electron chi connectivity index (χ2n) is 3.89. The first-order valence-electron chi connectivity index (χ1n) is 5.31. The molecule has 15 heavy (non-hydrogen) atoms. The van der Waals surface area contributed by atoms with Crippen LogP contribution in [0.25, 0.3) is 5.57 Å². The first kappa shape index (κ1) is 10.2. The van der Waals surface area contributed by atoms with Gasteiger partial charge >= 0.3 is 0 Å². The van der Waals surface area contributed by atoms with Crippen LogP contribution in [0.3, 0.4) is 0 Å². The Morgan fingerprint density at radius 1 is 1.40 bits per heavy atom. The third-order valence-corrected chi connectivity index (χ3v) is 2.82. The SMILES string of the molecule is COc1cccc(C2=CC[C@H](O)CC2)c1. The van der Waals surface area contributed by atoms with Crippen molar-refractivity contribution in [1.82, 2.24) is 0 Å². The topological polar surface area (TPSA) is 29.5 Å². The maximum absolute atomic E-state index is 9.41. The minimum atomic E-state index is -0.153. The molecule has 1 aromatic rings. The number of hydrogen-bond acceptors (Lipinski definition) is 2. The van der Waals surface area contributed by atoms with Crippen molar-refractivity contribution in [2.24, 2.45) is 0 Å². The number of aliphatic hydroxyl groups is 1. The van der Waals surface area contributed by atoms with Gasteiger partial charge in [-0.1, -0.05) is 18.2 Å². The summed E-state index contributed by atoms with van der Waals surface area (Å²) < 4.78 is 5.19. The first-order chi connectivity index (χ1) is 7.29. The summed E-state index contributed by atoms with van der Waals surface area (Å²) in [6.07, 6.45) is 4.56. The molecule has 2 heteroatoms. The van der Waals surface area contributed by atoms with Crippen molar-refractivity contribution in [2.45, 2.75) is 25.4 Å². The summed E-state index contributed by atoms with van der Waals surface area (Å²) in [6.45, 7) is 0. The Hall–Kier alpha value is -1.28. The molecule has 0 spiro atoms. The quantitative estimate of drug-likeness (QED) is 0.802. The Morgan fingerprint density at radius 2 is 2.27 bits per heavy atom. The minimum Gasteiger partial charge on any atom is -0.497 e. The smallest absolute Gasteiger partial charge is 0.119 e. The van der Waals surface area contributed by atoms with Crippen LogP contribution in [-0.2, 0) is 0 Å². The Bertz CT molecular complexity index is 369. The summed E-state index contributed by atoms with van der Waals surface area (Å²) in [7, 11) is 1.68. The lowest BCUT2D eigenvalue weighted by molar-refractivity contribution is 0.166. The summed E-state index contributed by atoms with van der Waals surface area (Å²) in [5.74, 6) is 0.888. The molecule has 80 valence electrons. The van der Waals surface area contributed by atoms with Crippen molar-refractivity contribution in [3.63, 3.8) is 0 Å². The van der Waals surface area contributed by atoms with E-state index in [2.05, 4.69) is 12.1 Å². The predicted octanol–water partition coefficient (Wildman–Crippen LogP) is 2.62. The molecule has 0 amide bonds. The van der Waals surface area contributed by atoms with Gasteiger partial charge in [0, 0.05) is 0 Å². The van der Waals surface area contributed by atoms with Crippen molar-refractivity contribution < 1.29 is 9.84 Å². The van der Waals surface area contributed by atoms with E-state index in [0.29, 0.717) is 0 Å². The molecule has 1 aliphatic carbocycles. The van der Waals surface area contributed by atoms with E-state index >= 15 is 0 Å². The zero-order valence-electron chi connectivity index (χ0n) is 8.94. The number of rotatable bonds is 2. The average molecular weight is 204 g/mol. The van der Waals surface area contributed by atoms with Crippen LogP contribution in [0.15, 0.2) is 30.3 Å². The molecule has 1 N–H and O–H groups in total. The molecular weight excluding hydrogens is 188 g/mol. The molecule has 2 nitrogen and oxygen atoms in total. The number of methoxy groups -OCH3 is 1. The molecule has 0 saturated carbocycles. The molecule has 2 rings (SSSR count). The molecular formula is C13H16O2. The van der Waals surface area contributed by atoms with E-state index in [1.165, 1.54) is 11.1 Å². The van der Waals surface area contributed by atoms with E-state index in [-0.39, 0.29) is 6.10 Å². The molecule has 1 atom stereocenters. The first-order valence-corrected chi connectivity index (χ1v) is 5.31. The molecule has 0 radical (unpaired) electrons. The molecule has 0 bridgehead atoms. The third kappa shape index (κ3) is 2.39. The maximum Gasteiger partial charge on any atom is 0.119 e. The summed E-state index contributed by atoms with van der Waals surface area (Å²) in [4.78, 5) is 0. The highest BCUT2D eigenvalue weighted by atomic mass is 16.5. The second-order valence-corrected chi connectivity index (χ2v) is 3.89. The highest BCUT2D eigenvalue weighted by Gasteiger charge is 2.12. The summed E-state index contributed by atoms with van der Waals surface area (Å²) >= 11 is 0. The molecule has 0 heterocycles. The molecule has 0 aliphatic heterocycles. The molecule has 0 unspecified atom stereocenters. The van der Waals surface area contributed by atoms with E-state index in [9.17, 15) is 5.11 Å². The molecule has 0 fully saturated rings. The predicted molar refractivity (Wildman–Crippen MR) is 60.8 cm³/mol. The largest absolute Gasteiger partial charge is 0.497 e. The Balaban J connectivity index is 2.22. The van der Waals surface area contributed by atoms with Crippen molar-refractivity contribution in [1.29, 1.82) is 0 Å². The molecule has 1 aliphatic rings.